The van der Waals surface area contributed by atoms with Crippen LogP contribution in [0.2, 0.25) is 0 Å². The van der Waals surface area contributed by atoms with E-state index in [0.717, 1.165) is 5.75 Å². The number of piperidine rings is 1. The van der Waals surface area contributed by atoms with E-state index in [1.54, 1.807) is 0 Å². The lowest BCUT2D eigenvalue weighted by Gasteiger charge is -2.40. The van der Waals surface area contributed by atoms with Crippen molar-refractivity contribution in [3.8, 4) is 5.75 Å². The number of nitrogens with zero attached hydrogens (tertiary/aromatic N) is 1. The number of hydrogen-bond acceptors (Lipinski definition) is 3. The maximum absolute atomic E-state index is 10.2. The molecule has 1 fully saturated rings. The maximum Gasteiger partial charge on any atom is 0.119 e. The summed E-state index contributed by atoms with van der Waals surface area (Å²) in [6, 6.07) is 9.08. The quantitative estimate of drug-likeness (QED) is 0.898. The molecule has 1 aromatic rings. The number of benzene rings is 1. The van der Waals surface area contributed by atoms with Crippen LogP contribution in [0.5, 0.6) is 5.75 Å². The molecular weight excluding hydrogens is 250 g/mol. The molecule has 20 heavy (non-hydrogen) atoms. The monoisotopic (exact) mass is 277 g/mol. The average molecular weight is 277 g/mol. The average Bonchev–Trinajstić information content (AvgIpc) is 2.41. The number of likely N-dealkylation sites (tertiary alicyclic amines) is 1. The van der Waals surface area contributed by atoms with Crippen molar-refractivity contribution < 1.29 is 9.84 Å². The van der Waals surface area contributed by atoms with Crippen LogP contribution in [0.3, 0.4) is 0 Å². The van der Waals surface area contributed by atoms with E-state index in [4.69, 9.17) is 4.74 Å². The zero-order chi connectivity index (χ0) is 14.5. The molecule has 1 heterocycles. The van der Waals surface area contributed by atoms with E-state index >= 15 is 0 Å². The number of aliphatic hydroxyl groups excluding tert-OH is 1. The van der Waals surface area contributed by atoms with Crippen molar-refractivity contribution in [2.45, 2.75) is 58.2 Å². The highest BCUT2D eigenvalue weighted by Gasteiger charge is 2.26. The summed E-state index contributed by atoms with van der Waals surface area (Å²) >= 11 is 0. The molecule has 0 bridgehead atoms. The summed E-state index contributed by atoms with van der Waals surface area (Å²) in [4.78, 5) is 2.41. The Hall–Kier alpha value is -1.06. The van der Waals surface area contributed by atoms with Crippen LogP contribution in [0.25, 0.3) is 0 Å². The van der Waals surface area contributed by atoms with Gasteiger partial charge in [-0.05, 0) is 51.3 Å². The predicted octanol–water partition coefficient (Wildman–Crippen LogP) is 3.00. The number of ether oxygens (including phenoxy) is 1. The molecule has 2 rings (SSSR count). The summed E-state index contributed by atoms with van der Waals surface area (Å²) in [6.07, 6.45) is 3.33. The van der Waals surface area contributed by atoms with Gasteiger partial charge < -0.3 is 9.84 Å². The Morgan fingerprint density at radius 1 is 1.30 bits per heavy atom. The van der Waals surface area contributed by atoms with Gasteiger partial charge in [-0.1, -0.05) is 18.6 Å². The number of β-amino-alcohol motifs (C(OH)–C–C–N with tert-alkyl or cyclic N) is 1. The van der Waals surface area contributed by atoms with E-state index in [-0.39, 0.29) is 0 Å². The van der Waals surface area contributed by atoms with E-state index in [0.29, 0.717) is 25.2 Å². The van der Waals surface area contributed by atoms with Gasteiger partial charge in [0.05, 0.1) is 0 Å². The van der Waals surface area contributed by atoms with Gasteiger partial charge in [0.25, 0.3) is 0 Å². The summed E-state index contributed by atoms with van der Waals surface area (Å²) in [6.45, 7) is 7.61. The van der Waals surface area contributed by atoms with E-state index in [2.05, 4.69) is 18.7 Å². The van der Waals surface area contributed by atoms with E-state index in [1.165, 1.54) is 24.8 Å². The van der Waals surface area contributed by atoms with Crippen LogP contribution in [-0.4, -0.2) is 41.3 Å². The molecule has 0 saturated carbocycles. The first-order valence-electron chi connectivity index (χ1n) is 7.69. The highest BCUT2D eigenvalue weighted by molar-refractivity contribution is 5.27. The first-order valence-corrected chi connectivity index (χ1v) is 7.69. The second kappa shape index (κ2) is 7.09. The molecule has 1 aromatic carbocycles. The molecule has 0 radical (unpaired) electrons. The molecule has 1 aliphatic heterocycles. The Balaban J connectivity index is 1.81. The number of rotatable bonds is 5. The largest absolute Gasteiger partial charge is 0.491 e. The van der Waals surface area contributed by atoms with Gasteiger partial charge in [0.2, 0.25) is 0 Å². The maximum atomic E-state index is 10.2. The van der Waals surface area contributed by atoms with Crippen LogP contribution in [-0.2, 0) is 0 Å². The topological polar surface area (TPSA) is 32.7 Å². The molecule has 1 N–H and O–H groups in total. The molecule has 0 spiro atoms. The van der Waals surface area contributed by atoms with Crippen molar-refractivity contribution >= 4 is 0 Å². The van der Waals surface area contributed by atoms with E-state index in [9.17, 15) is 5.11 Å². The Bertz CT molecular complexity index is 411. The minimum absolute atomic E-state index is 0.361. The number of aliphatic hydroxyl groups is 1. The molecule has 3 nitrogen and oxygen atoms in total. The van der Waals surface area contributed by atoms with Crippen LogP contribution >= 0.6 is 0 Å². The van der Waals surface area contributed by atoms with E-state index in [1.807, 2.05) is 31.2 Å². The Kier molecular flexibility index (Phi) is 5.44. The van der Waals surface area contributed by atoms with Crippen molar-refractivity contribution in [1.82, 2.24) is 4.90 Å². The second-order valence-electron chi connectivity index (χ2n) is 6.11. The Morgan fingerprint density at radius 2 is 2.00 bits per heavy atom. The standard InChI is InChI=1S/C17H27NO2/c1-13-6-4-9-17(10-13)20-12-16(19)11-18-14(2)7-5-8-15(18)3/h4,6,9-10,14-16,19H,5,7-8,11-12H2,1-3H3/t14-,15-,16-/m0/s1. The third kappa shape index (κ3) is 4.22. The van der Waals surface area contributed by atoms with Crippen molar-refractivity contribution in [1.29, 1.82) is 0 Å². The molecule has 3 atom stereocenters. The van der Waals surface area contributed by atoms with Gasteiger partial charge in [0.15, 0.2) is 0 Å². The summed E-state index contributed by atoms with van der Waals surface area (Å²) in [5.74, 6) is 0.837. The molecule has 1 aliphatic rings. The van der Waals surface area contributed by atoms with Crippen molar-refractivity contribution in [3.63, 3.8) is 0 Å². The smallest absolute Gasteiger partial charge is 0.119 e. The fraction of sp³-hybridized carbons (Fsp3) is 0.647. The minimum atomic E-state index is -0.432. The third-order valence-corrected chi connectivity index (χ3v) is 4.23. The molecule has 0 amide bonds. The molecule has 1 saturated heterocycles. The Labute approximate surface area is 122 Å². The molecular formula is C17H27NO2. The van der Waals surface area contributed by atoms with Crippen molar-refractivity contribution in [2.75, 3.05) is 13.2 Å². The van der Waals surface area contributed by atoms with Gasteiger partial charge in [-0.15, -0.1) is 0 Å². The fourth-order valence-electron chi connectivity index (χ4n) is 3.03. The predicted molar refractivity (Wildman–Crippen MR) is 82.2 cm³/mol. The first kappa shape index (κ1) is 15.3. The summed E-state index contributed by atoms with van der Waals surface area (Å²) in [7, 11) is 0. The molecule has 112 valence electrons. The van der Waals surface area contributed by atoms with Crippen LogP contribution in [0.1, 0.15) is 38.7 Å². The van der Waals surface area contributed by atoms with Gasteiger partial charge in [0.1, 0.15) is 18.5 Å². The molecule has 0 aliphatic carbocycles. The van der Waals surface area contributed by atoms with Crippen LogP contribution in [0, 0.1) is 6.92 Å². The van der Waals surface area contributed by atoms with Crippen molar-refractivity contribution in [2.24, 2.45) is 0 Å². The van der Waals surface area contributed by atoms with Crippen LogP contribution < -0.4 is 4.74 Å². The highest BCUT2D eigenvalue weighted by Crippen LogP contribution is 2.22. The van der Waals surface area contributed by atoms with Gasteiger partial charge in [0, 0.05) is 18.6 Å². The van der Waals surface area contributed by atoms with Gasteiger partial charge >= 0.3 is 0 Å². The van der Waals surface area contributed by atoms with Gasteiger partial charge in [-0.2, -0.15) is 0 Å². The molecule has 0 aromatic heterocycles. The normalized spacial score (nSPS) is 25.4. The summed E-state index contributed by atoms with van der Waals surface area (Å²) < 4.78 is 5.68. The van der Waals surface area contributed by atoms with E-state index < -0.39 is 6.10 Å². The van der Waals surface area contributed by atoms with Crippen molar-refractivity contribution in [3.05, 3.63) is 29.8 Å². The molecule has 3 heteroatoms. The number of hydrogen-bond donors (Lipinski definition) is 1. The number of aryl methyl sites for hydroxylation is 1. The lowest BCUT2D eigenvalue weighted by atomic mass is 9.97. The Morgan fingerprint density at radius 3 is 2.65 bits per heavy atom. The zero-order valence-electron chi connectivity index (χ0n) is 12.9. The van der Waals surface area contributed by atoms with Crippen LogP contribution in [0.15, 0.2) is 24.3 Å². The fourth-order valence-corrected chi connectivity index (χ4v) is 3.03. The zero-order valence-corrected chi connectivity index (χ0v) is 12.9. The summed E-state index contributed by atoms with van der Waals surface area (Å²) in [5, 5.41) is 10.2. The van der Waals surface area contributed by atoms with Crippen LogP contribution in [0.4, 0.5) is 0 Å². The lowest BCUT2D eigenvalue weighted by Crippen LogP contribution is -2.48. The third-order valence-electron chi connectivity index (χ3n) is 4.23. The first-order chi connectivity index (χ1) is 9.56. The summed E-state index contributed by atoms with van der Waals surface area (Å²) in [5.41, 5.74) is 1.18. The van der Waals surface area contributed by atoms with Gasteiger partial charge in [-0.3, -0.25) is 4.90 Å². The molecule has 0 unspecified atom stereocenters. The highest BCUT2D eigenvalue weighted by atomic mass is 16.5. The SMILES string of the molecule is Cc1cccc(OC[C@@H](O)CN2[C@@H](C)CCC[C@@H]2C)c1. The minimum Gasteiger partial charge on any atom is -0.491 e. The van der Waals surface area contributed by atoms with Gasteiger partial charge in [-0.25, -0.2) is 0 Å². The second-order valence-corrected chi connectivity index (χ2v) is 6.11. The lowest BCUT2D eigenvalue weighted by molar-refractivity contribution is 0.0209.